The Kier molecular flexibility index (Phi) is 7.59. The zero-order valence-electron chi connectivity index (χ0n) is 11.5. The van der Waals surface area contributed by atoms with Gasteiger partial charge in [0.15, 0.2) is 8.24 Å². The molecule has 6 heteroatoms. The van der Waals surface area contributed by atoms with Gasteiger partial charge < -0.3 is 4.98 Å². The standard InChI is InChI=1S/C12H24F3NOSi/c1-4-5-6-7-8-9-10-18(2,3)16-11(17)12(13,14)15/h4-10H2,1-3H3,(H,16,17). The molecule has 0 fully saturated rings. The smallest absolute Gasteiger partial charge is 0.374 e. The summed E-state index contributed by atoms with van der Waals surface area (Å²) in [6.07, 6.45) is 1.90. The van der Waals surface area contributed by atoms with Crippen molar-refractivity contribution in [2.24, 2.45) is 0 Å². The lowest BCUT2D eigenvalue weighted by atomic mass is 10.1. The second-order valence-electron chi connectivity index (χ2n) is 5.35. The van der Waals surface area contributed by atoms with Crippen molar-refractivity contribution in [3.8, 4) is 0 Å². The largest absolute Gasteiger partial charge is 0.470 e. The predicted molar refractivity (Wildman–Crippen MR) is 69.9 cm³/mol. The van der Waals surface area contributed by atoms with Gasteiger partial charge in [-0.05, 0) is 6.04 Å². The Balaban J connectivity index is 3.84. The Hall–Kier alpha value is -0.523. The van der Waals surface area contributed by atoms with Gasteiger partial charge in [-0.2, -0.15) is 13.2 Å². The molecule has 0 aromatic carbocycles. The minimum atomic E-state index is -4.76. The van der Waals surface area contributed by atoms with Gasteiger partial charge in [0, 0.05) is 0 Å². The summed E-state index contributed by atoms with van der Waals surface area (Å²) < 4.78 is 36.4. The van der Waals surface area contributed by atoms with Crippen molar-refractivity contribution >= 4 is 14.1 Å². The Morgan fingerprint density at radius 1 is 1.06 bits per heavy atom. The van der Waals surface area contributed by atoms with Crippen LogP contribution in [0.2, 0.25) is 19.1 Å². The molecule has 0 rings (SSSR count). The lowest BCUT2D eigenvalue weighted by Gasteiger charge is -2.24. The number of nitrogens with one attached hydrogen (secondary N) is 1. The summed E-state index contributed by atoms with van der Waals surface area (Å²) in [6.45, 7) is 5.67. The van der Waals surface area contributed by atoms with Crippen LogP contribution in [0.25, 0.3) is 0 Å². The summed E-state index contributed by atoms with van der Waals surface area (Å²) in [4.78, 5) is 13.0. The molecule has 0 aliphatic carbocycles. The van der Waals surface area contributed by atoms with Crippen molar-refractivity contribution in [1.29, 1.82) is 0 Å². The van der Waals surface area contributed by atoms with Crippen LogP contribution >= 0.6 is 0 Å². The molecule has 0 bridgehead atoms. The number of amides is 1. The number of carbonyl (C=O) groups is 1. The third-order valence-corrected chi connectivity index (χ3v) is 5.37. The molecule has 108 valence electrons. The average molecular weight is 283 g/mol. The number of hydrogen-bond acceptors (Lipinski definition) is 1. The summed E-state index contributed by atoms with van der Waals surface area (Å²) in [5.41, 5.74) is 0. The summed E-state index contributed by atoms with van der Waals surface area (Å²) in [5.74, 6) is -1.79. The van der Waals surface area contributed by atoms with Gasteiger partial charge in [-0.3, -0.25) is 4.79 Å². The molecular formula is C12H24F3NOSi. The van der Waals surface area contributed by atoms with Gasteiger partial charge in [-0.15, -0.1) is 0 Å². The Bertz CT molecular complexity index is 254. The van der Waals surface area contributed by atoms with Crippen molar-refractivity contribution < 1.29 is 18.0 Å². The van der Waals surface area contributed by atoms with Crippen LogP contribution < -0.4 is 4.98 Å². The highest BCUT2D eigenvalue weighted by atomic mass is 28.3. The molecule has 0 aromatic rings. The Morgan fingerprint density at radius 3 is 2.06 bits per heavy atom. The topological polar surface area (TPSA) is 29.1 Å². The van der Waals surface area contributed by atoms with E-state index < -0.39 is 20.3 Å². The van der Waals surface area contributed by atoms with Crippen LogP contribution in [0.5, 0.6) is 0 Å². The van der Waals surface area contributed by atoms with Crippen LogP contribution in [0.4, 0.5) is 13.2 Å². The molecule has 0 spiro atoms. The molecule has 0 unspecified atom stereocenters. The molecule has 0 heterocycles. The van der Waals surface area contributed by atoms with E-state index in [2.05, 4.69) is 11.9 Å². The van der Waals surface area contributed by atoms with E-state index in [1.807, 2.05) is 0 Å². The number of hydrogen-bond donors (Lipinski definition) is 1. The van der Waals surface area contributed by atoms with Crippen molar-refractivity contribution in [1.82, 2.24) is 4.98 Å². The van der Waals surface area contributed by atoms with E-state index in [0.717, 1.165) is 19.3 Å². The van der Waals surface area contributed by atoms with Gasteiger partial charge in [0.1, 0.15) is 0 Å². The first kappa shape index (κ1) is 17.5. The Morgan fingerprint density at radius 2 is 1.56 bits per heavy atom. The van der Waals surface area contributed by atoms with Crippen LogP contribution in [0.3, 0.4) is 0 Å². The van der Waals surface area contributed by atoms with Crippen molar-refractivity contribution in [2.45, 2.75) is 70.8 Å². The SMILES string of the molecule is CCCCCCCC[Si](C)(C)NC(=O)C(F)(F)F. The van der Waals surface area contributed by atoms with Crippen LogP contribution in [-0.4, -0.2) is 20.3 Å². The Labute approximate surface area is 108 Å². The normalized spacial score (nSPS) is 12.6. The summed E-state index contributed by atoms with van der Waals surface area (Å²) >= 11 is 0. The first-order valence-electron chi connectivity index (χ1n) is 6.58. The van der Waals surface area contributed by atoms with Crippen molar-refractivity contribution in [2.75, 3.05) is 0 Å². The molecule has 2 nitrogen and oxygen atoms in total. The molecule has 0 aliphatic heterocycles. The predicted octanol–water partition coefficient (Wildman–Crippen LogP) is 4.23. The minimum absolute atomic E-state index is 0.709. The first-order valence-corrected chi connectivity index (χ1v) is 9.79. The molecule has 1 N–H and O–H groups in total. The number of rotatable bonds is 8. The van der Waals surface area contributed by atoms with E-state index in [1.54, 1.807) is 13.1 Å². The summed E-state index contributed by atoms with van der Waals surface area (Å²) in [7, 11) is -2.26. The second-order valence-corrected chi connectivity index (χ2v) is 9.87. The second kappa shape index (κ2) is 7.81. The van der Waals surface area contributed by atoms with Gasteiger partial charge in [-0.25, -0.2) is 0 Å². The monoisotopic (exact) mass is 283 g/mol. The average Bonchev–Trinajstić information content (AvgIpc) is 2.21. The van der Waals surface area contributed by atoms with Crippen LogP contribution in [0, 0.1) is 0 Å². The fraction of sp³-hybridized carbons (Fsp3) is 0.917. The van der Waals surface area contributed by atoms with Gasteiger partial charge in [0.05, 0.1) is 0 Å². The molecule has 0 saturated heterocycles. The van der Waals surface area contributed by atoms with Crippen molar-refractivity contribution in [3.05, 3.63) is 0 Å². The number of halogens is 3. The van der Waals surface area contributed by atoms with Crippen LogP contribution in [-0.2, 0) is 4.79 Å². The quantitative estimate of drug-likeness (QED) is 0.524. The van der Waals surface area contributed by atoms with Gasteiger partial charge in [-0.1, -0.05) is 58.5 Å². The third-order valence-electron chi connectivity index (χ3n) is 2.86. The zero-order chi connectivity index (χ0) is 14.2. The van der Waals surface area contributed by atoms with E-state index >= 15 is 0 Å². The maximum Gasteiger partial charge on any atom is 0.470 e. The zero-order valence-corrected chi connectivity index (χ0v) is 12.5. The molecule has 0 atom stereocenters. The molecule has 0 aliphatic rings. The summed E-state index contributed by atoms with van der Waals surface area (Å²) in [5, 5.41) is 0. The lowest BCUT2D eigenvalue weighted by molar-refractivity contribution is -0.171. The van der Waals surface area contributed by atoms with E-state index in [1.165, 1.54) is 19.3 Å². The van der Waals surface area contributed by atoms with E-state index in [9.17, 15) is 18.0 Å². The third kappa shape index (κ3) is 8.55. The molecule has 18 heavy (non-hydrogen) atoms. The highest BCUT2D eigenvalue weighted by Crippen LogP contribution is 2.18. The van der Waals surface area contributed by atoms with Crippen LogP contribution in [0.1, 0.15) is 45.4 Å². The van der Waals surface area contributed by atoms with E-state index in [-0.39, 0.29) is 0 Å². The number of unbranched alkanes of at least 4 members (excludes halogenated alkanes) is 5. The molecule has 1 amide bonds. The van der Waals surface area contributed by atoms with Gasteiger partial charge >= 0.3 is 12.1 Å². The van der Waals surface area contributed by atoms with Gasteiger partial charge in [0.25, 0.3) is 0 Å². The highest BCUT2D eigenvalue weighted by molar-refractivity contribution is 6.77. The van der Waals surface area contributed by atoms with E-state index in [0.29, 0.717) is 6.04 Å². The maximum atomic E-state index is 12.1. The molecule has 0 radical (unpaired) electrons. The summed E-state index contributed by atoms with van der Waals surface area (Å²) in [6, 6.07) is 0.709. The number of carbonyl (C=O) groups excluding carboxylic acids is 1. The minimum Gasteiger partial charge on any atom is -0.374 e. The lowest BCUT2D eigenvalue weighted by Crippen LogP contribution is -2.52. The van der Waals surface area contributed by atoms with E-state index in [4.69, 9.17) is 0 Å². The van der Waals surface area contributed by atoms with Gasteiger partial charge in [0.2, 0.25) is 0 Å². The maximum absolute atomic E-state index is 12.1. The molecular weight excluding hydrogens is 259 g/mol. The fourth-order valence-corrected chi connectivity index (χ4v) is 3.80. The number of alkyl halides is 3. The fourth-order valence-electron chi connectivity index (χ4n) is 1.79. The highest BCUT2D eigenvalue weighted by Gasteiger charge is 2.41. The molecule has 0 aromatic heterocycles. The molecule has 0 saturated carbocycles. The first-order chi connectivity index (χ1) is 8.19. The van der Waals surface area contributed by atoms with Crippen LogP contribution in [0.15, 0.2) is 0 Å². The van der Waals surface area contributed by atoms with Crippen molar-refractivity contribution in [3.63, 3.8) is 0 Å².